The number of rotatable bonds is 6. The molecule has 0 unspecified atom stereocenters. The molecule has 7 heteroatoms. The van der Waals surface area contributed by atoms with E-state index in [1.807, 2.05) is 24.3 Å². The smallest absolute Gasteiger partial charge is 0.275 e. The van der Waals surface area contributed by atoms with Crippen molar-refractivity contribution in [3.8, 4) is 5.88 Å². The molecule has 0 spiro atoms. The molecule has 2 aromatic heterocycles. The molecule has 0 aliphatic carbocycles. The predicted octanol–water partition coefficient (Wildman–Crippen LogP) is 3.72. The number of amides is 1. The molecule has 0 aliphatic heterocycles. The Morgan fingerprint density at radius 1 is 1.13 bits per heavy atom. The van der Waals surface area contributed by atoms with E-state index in [-0.39, 0.29) is 18.0 Å². The summed E-state index contributed by atoms with van der Waals surface area (Å²) in [5.41, 5.74) is 2.69. The van der Waals surface area contributed by atoms with Crippen molar-refractivity contribution >= 4 is 33.3 Å². The fourth-order valence-electron chi connectivity index (χ4n) is 3.81. The summed E-state index contributed by atoms with van der Waals surface area (Å²) in [6.07, 6.45) is 1.06. The Morgan fingerprint density at radius 3 is 2.63 bits per heavy atom. The third-order valence-corrected chi connectivity index (χ3v) is 5.16. The number of nitrogens with zero attached hydrogens (tertiary/aromatic N) is 3. The Hall–Kier alpha value is -3.61. The first-order valence-corrected chi connectivity index (χ1v) is 9.95. The highest BCUT2D eigenvalue weighted by Crippen LogP contribution is 2.24. The second kappa shape index (κ2) is 8.02. The highest BCUT2D eigenvalue weighted by atomic mass is 16.5. The maximum Gasteiger partial charge on any atom is 0.275 e. The lowest BCUT2D eigenvalue weighted by atomic mass is 10.2. The van der Waals surface area contributed by atoms with Crippen molar-refractivity contribution in [2.24, 2.45) is 0 Å². The summed E-state index contributed by atoms with van der Waals surface area (Å²) in [6, 6.07) is 15.0. The molecule has 7 nitrogen and oxygen atoms in total. The molecule has 4 aromatic rings. The highest BCUT2D eigenvalue weighted by Gasteiger charge is 2.14. The van der Waals surface area contributed by atoms with E-state index in [9.17, 15) is 9.59 Å². The molecule has 1 amide bonds. The molecule has 0 bridgehead atoms. The first-order chi connectivity index (χ1) is 14.5. The van der Waals surface area contributed by atoms with Crippen LogP contribution in [0.4, 0.5) is 5.69 Å². The zero-order valence-corrected chi connectivity index (χ0v) is 17.3. The number of carbonyl (C=O) groups is 1. The molecule has 2 heterocycles. The van der Waals surface area contributed by atoms with Crippen molar-refractivity contribution in [2.45, 2.75) is 33.4 Å². The molecule has 2 aromatic carbocycles. The average Bonchev–Trinajstić information content (AvgIpc) is 3.05. The van der Waals surface area contributed by atoms with Gasteiger partial charge >= 0.3 is 0 Å². The first-order valence-electron chi connectivity index (χ1n) is 9.95. The topological polar surface area (TPSA) is 78.2 Å². The number of carbonyl (C=O) groups excluding carboxylic acids is 1. The summed E-state index contributed by atoms with van der Waals surface area (Å²) >= 11 is 0. The standard InChI is InChI=1S/C23H24N4O3/c1-4-11-26-15(2)12-16-13-17(9-10-20(16)26)24-21(28)14-27-23(29)19-8-6-5-7-18(19)22(25-27)30-3/h5-10,12-13H,4,11,14H2,1-3H3,(H,24,28). The van der Waals surface area contributed by atoms with Crippen LogP contribution in [0.1, 0.15) is 19.0 Å². The van der Waals surface area contributed by atoms with Gasteiger partial charge < -0.3 is 14.6 Å². The van der Waals surface area contributed by atoms with Crippen LogP contribution in [0.3, 0.4) is 0 Å². The van der Waals surface area contributed by atoms with Gasteiger partial charge in [0.25, 0.3) is 5.56 Å². The van der Waals surface area contributed by atoms with Gasteiger partial charge in [-0.05, 0) is 49.7 Å². The van der Waals surface area contributed by atoms with E-state index in [1.54, 1.807) is 18.2 Å². The van der Waals surface area contributed by atoms with Gasteiger partial charge in [0.2, 0.25) is 11.8 Å². The van der Waals surface area contributed by atoms with Crippen LogP contribution in [0, 0.1) is 6.92 Å². The fraction of sp³-hybridized carbons (Fsp3) is 0.261. The molecule has 4 rings (SSSR count). The second-order valence-corrected chi connectivity index (χ2v) is 7.28. The minimum atomic E-state index is -0.329. The largest absolute Gasteiger partial charge is 0.480 e. The SMILES string of the molecule is CCCn1c(C)cc2cc(NC(=O)Cn3nc(OC)c4ccccc4c3=O)ccc21. The Morgan fingerprint density at radius 2 is 1.90 bits per heavy atom. The van der Waals surface area contributed by atoms with Crippen LogP contribution in [-0.2, 0) is 17.9 Å². The molecule has 30 heavy (non-hydrogen) atoms. The molecule has 0 saturated carbocycles. The summed E-state index contributed by atoms with van der Waals surface area (Å²) in [4.78, 5) is 25.3. The van der Waals surface area contributed by atoms with Gasteiger partial charge in [-0.15, -0.1) is 5.10 Å². The molecular weight excluding hydrogens is 380 g/mol. The molecule has 0 saturated heterocycles. The molecular formula is C23H24N4O3. The van der Waals surface area contributed by atoms with Gasteiger partial charge in [0.05, 0.1) is 17.9 Å². The minimum Gasteiger partial charge on any atom is -0.480 e. The Kier molecular flexibility index (Phi) is 5.27. The number of benzene rings is 2. The van der Waals surface area contributed by atoms with Crippen LogP contribution >= 0.6 is 0 Å². The van der Waals surface area contributed by atoms with E-state index in [1.165, 1.54) is 12.8 Å². The summed E-state index contributed by atoms with van der Waals surface area (Å²) in [5, 5.41) is 9.23. The molecule has 154 valence electrons. The lowest BCUT2D eigenvalue weighted by molar-refractivity contribution is -0.117. The van der Waals surface area contributed by atoms with Crippen molar-refractivity contribution < 1.29 is 9.53 Å². The molecule has 0 radical (unpaired) electrons. The van der Waals surface area contributed by atoms with E-state index < -0.39 is 0 Å². The Labute approximate surface area is 173 Å². The van der Waals surface area contributed by atoms with Crippen molar-refractivity contribution in [1.29, 1.82) is 0 Å². The van der Waals surface area contributed by atoms with Crippen LogP contribution in [0.5, 0.6) is 5.88 Å². The maximum absolute atomic E-state index is 12.7. The lowest BCUT2D eigenvalue weighted by Gasteiger charge is -2.11. The number of aromatic nitrogens is 3. The van der Waals surface area contributed by atoms with Gasteiger partial charge in [0, 0.05) is 28.8 Å². The Bertz CT molecular complexity index is 1300. The van der Waals surface area contributed by atoms with Crippen molar-refractivity contribution in [3.05, 3.63) is 64.6 Å². The quantitative estimate of drug-likeness (QED) is 0.531. The number of fused-ring (bicyclic) bond motifs is 2. The van der Waals surface area contributed by atoms with Gasteiger partial charge in [-0.2, -0.15) is 0 Å². The normalized spacial score (nSPS) is 11.2. The predicted molar refractivity (Wildman–Crippen MR) is 118 cm³/mol. The van der Waals surface area contributed by atoms with Crippen LogP contribution in [-0.4, -0.2) is 27.4 Å². The van der Waals surface area contributed by atoms with E-state index in [0.29, 0.717) is 22.3 Å². The Balaban J connectivity index is 1.59. The van der Waals surface area contributed by atoms with Gasteiger partial charge in [0.1, 0.15) is 6.54 Å². The number of methoxy groups -OCH3 is 1. The molecule has 0 fully saturated rings. The number of hydrogen-bond acceptors (Lipinski definition) is 4. The van der Waals surface area contributed by atoms with Crippen LogP contribution < -0.4 is 15.6 Å². The van der Waals surface area contributed by atoms with Gasteiger partial charge in [-0.1, -0.05) is 19.1 Å². The number of ether oxygens (including phenoxy) is 1. The average molecular weight is 404 g/mol. The minimum absolute atomic E-state index is 0.200. The van der Waals surface area contributed by atoms with E-state index in [4.69, 9.17) is 4.74 Å². The zero-order chi connectivity index (χ0) is 21.3. The van der Waals surface area contributed by atoms with Gasteiger partial charge in [-0.25, -0.2) is 4.68 Å². The van der Waals surface area contributed by atoms with E-state index in [0.717, 1.165) is 28.6 Å². The maximum atomic E-state index is 12.7. The highest BCUT2D eigenvalue weighted by molar-refractivity contribution is 5.94. The summed E-state index contributed by atoms with van der Waals surface area (Å²) < 4.78 is 8.71. The second-order valence-electron chi connectivity index (χ2n) is 7.28. The van der Waals surface area contributed by atoms with Crippen molar-refractivity contribution in [2.75, 3.05) is 12.4 Å². The molecule has 1 N–H and O–H groups in total. The van der Waals surface area contributed by atoms with Crippen molar-refractivity contribution in [3.63, 3.8) is 0 Å². The van der Waals surface area contributed by atoms with Crippen LogP contribution in [0.15, 0.2) is 53.3 Å². The van der Waals surface area contributed by atoms with Crippen molar-refractivity contribution in [1.82, 2.24) is 14.3 Å². The van der Waals surface area contributed by atoms with Crippen LogP contribution in [0.25, 0.3) is 21.7 Å². The van der Waals surface area contributed by atoms with Gasteiger partial charge in [0.15, 0.2) is 0 Å². The number of hydrogen-bond donors (Lipinski definition) is 1. The third kappa shape index (κ3) is 3.54. The number of nitrogens with one attached hydrogen (secondary N) is 1. The lowest BCUT2D eigenvalue weighted by Crippen LogP contribution is -2.30. The van der Waals surface area contributed by atoms with E-state index in [2.05, 4.69) is 34.9 Å². The van der Waals surface area contributed by atoms with Crippen LogP contribution in [0.2, 0.25) is 0 Å². The third-order valence-electron chi connectivity index (χ3n) is 5.16. The number of anilines is 1. The first kappa shape index (κ1) is 19.7. The zero-order valence-electron chi connectivity index (χ0n) is 17.3. The van der Waals surface area contributed by atoms with E-state index >= 15 is 0 Å². The number of aryl methyl sites for hydroxylation is 2. The van der Waals surface area contributed by atoms with Gasteiger partial charge in [-0.3, -0.25) is 9.59 Å². The monoisotopic (exact) mass is 404 g/mol. The summed E-state index contributed by atoms with van der Waals surface area (Å²) in [7, 11) is 1.49. The summed E-state index contributed by atoms with van der Waals surface area (Å²) in [6.45, 7) is 4.99. The summed E-state index contributed by atoms with van der Waals surface area (Å²) in [5.74, 6) is -0.0156. The molecule has 0 atom stereocenters. The fourth-order valence-corrected chi connectivity index (χ4v) is 3.81. The molecule has 0 aliphatic rings.